The van der Waals surface area contributed by atoms with Crippen molar-refractivity contribution in [3.63, 3.8) is 0 Å². The van der Waals surface area contributed by atoms with Crippen LogP contribution in [0.4, 0.5) is 0 Å². The number of hydrogen-bond donors (Lipinski definition) is 2. The van der Waals surface area contributed by atoms with Crippen LogP contribution in [0.1, 0.15) is 13.3 Å². The summed E-state index contributed by atoms with van der Waals surface area (Å²) in [5, 5.41) is 7.14. The van der Waals surface area contributed by atoms with Crippen molar-refractivity contribution in [2.24, 2.45) is 10.5 Å². The van der Waals surface area contributed by atoms with E-state index in [1.165, 1.54) is 0 Å². The van der Waals surface area contributed by atoms with Crippen molar-refractivity contribution in [3.05, 3.63) is 0 Å². The number of fused-ring (bicyclic) bond motifs is 1. The molecule has 1 saturated heterocycles. The Morgan fingerprint density at radius 3 is 3.18 bits per heavy atom. The first kappa shape index (κ1) is 6.79. The minimum atomic E-state index is -0.314. The molecule has 2 N–H and O–H groups in total. The van der Waals surface area contributed by atoms with Gasteiger partial charge in [0.15, 0.2) is 0 Å². The second-order valence-corrected chi connectivity index (χ2v) is 3.26. The van der Waals surface area contributed by atoms with Gasteiger partial charge in [0.2, 0.25) is 0 Å². The lowest BCUT2D eigenvalue weighted by atomic mass is 9.79. The molecule has 11 heavy (non-hydrogen) atoms. The molecule has 0 aliphatic carbocycles. The quantitative estimate of drug-likeness (QED) is 0.491. The van der Waals surface area contributed by atoms with Gasteiger partial charge in [0.25, 0.3) is 5.91 Å². The van der Waals surface area contributed by atoms with Crippen molar-refractivity contribution in [1.29, 1.82) is 0 Å². The summed E-state index contributed by atoms with van der Waals surface area (Å²) in [6.45, 7) is 3.60. The number of nitrogens with zero attached hydrogens (tertiary/aromatic N) is 1. The second-order valence-electron chi connectivity index (χ2n) is 3.26. The number of carbonyl (C=O) groups is 1. The number of piperidine rings is 1. The zero-order valence-electron chi connectivity index (χ0n) is 6.48. The average molecular weight is 153 g/mol. The van der Waals surface area contributed by atoms with Gasteiger partial charge < -0.3 is 5.32 Å². The predicted octanol–water partition coefficient (Wildman–Crippen LogP) is -0.528. The SMILES string of the molecule is CC12CCNCC1=NNC2=O. The zero-order valence-corrected chi connectivity index (χ0v) is 6.48. The first-order valence-electron chi connectivity index (χ1n) is 3.82. The van der Waals surface area contributed by atoms with E-state index in [-0.39, 0.29) is 11.3 Å². The smallest absolute Gasteiger partial charge is 0.251 e. The molecule has 0 radical (unpaired) electrons. The number of hydrazone groups is 1. The lowest BCUT2D eigenvalue weighted by molar-refractivity contribution is -0.126. The maximum absolute atomic E-state index is 11.3. The van der Waals surface area contributed by atoms with E-state index in [9.17, 15) is 4.79 Å². The number of rotatable bonds is 0. The predicted molar refractivity (Wildman–Crippen MR) is 41.2 cm³/mol. The monoisotopic (exact) mass is 153 g/mol. The van der Waals surface area contributed by atoms with Gasteiger partial charge in [0.1, 0.15) is 0 Å². The highest BCUT2D eigenvalue weighted by Gasteiger charge is 2.43. The Balaban J connectivity index is 2.32. The van der Waals surface area contributed by atoms with E-state index in [2.05, 4.69) is 15.8 Å². The molecule has 0 saturated carbocycles. The Labute approximate surface area is 65.0 Å². The fourth-order valence-corrected chi connectivity index (χ4v) is 1.53. The van der Waals surface area contributed by atoms with Gasteiger partial charge in [-0.1, -0.05) is 0 Å². The van der Waals surface area contributed by atoms with E-state index >= 15 is 0 Å². The van der Waals surface area contributed by atoms with Crippen molar-refractivity contribution in [2.75, 3.05) is 13.1 Å². The van der Waals surface area contributed by atoms with Gasteiger partial charge in [-0.05, 0) is 19.9 Å². The van der Waals surface area contributed by atoms with Gasteiger partial charge in [0.05, 0.1) is 11.1 Å². The molecule has 1 atom stereocenters. The fourth-order valence-electron chi connectivity index (χ4n) is 1.53. The van der Waals surface area contributed by atoms with E-state index in [1.54, 1.807) is 0 Å². The van der Waals surface area contributed by atoms with E-state index in [0.29, 0.717) is 0 Å². The summed E-state index contributed by atoms with van der Waals surface area (Å²) >= 11 is 0. The van der Waals surface area contributed by atoms with Crippen LogP contribution in [0.15, 0.2) is 5.10 Å². The number of hydrogen-bond acceptors (Lipinski definition) is 3. The lowest BCUT2D eigenvalue weighted by Gasteiger charge is -2.27. The first-order chi connectivity index (χ1) is 5.23. The van der Waals surface area contributed by atoms with Gasteiger partial charge in [-0.15, -0.1) is 0 Å². The molecule has 1 fully saturated rings. The molecule has 2 aliphatic rings. The first-order valence-corrected chi connectivity index (χ1v) is 3.82. The van der Waals surface area contributed by atoms with Gasteiger partial charge in [-0.25, -0.2) is 5.43 Å². The molecule has 60 valence electrons. The summed E-state index contributed by atoms with van der Waals surface area (Å²) in [7, 11) is 0. The van der Waals surface area contributed by atoms with E-state index in [4.69, 9.17) is 0 Å². The summed E-state index contributed by atoms with van der Waals surface area (Å²) < 4.78 is 0. The third-order valence-electron chi connectivity index (χ3n) is 2.52. The Morgan fingerprint density at radius 1 is 1.64 bits per heavy atom. The highest BCUT2D eigenvalue weighted by molar-refractivity contribution is 6.13. The molecule has 2 heterocycles. The summed E-state index contributed by atoms with van der Waals surface area (Å²) in [4.78, 5) is 11.3. The molecule has 0 spiro atoms. The standard InChI is InChI=1S/C7H11N3O/c1-7-2-3-8-4-5(7)9-10-6(7)11/h8H,2-4H2,1H3,(H,10,11). The maximum atomic E-state index is 11.3. The zero-order chi connectivity index (χ0) is 7.90. The van der Waals surface area contributed by atoms with Gasteiger partial charge >= 0.3 is 0 Å². The Kier molecular flexibility index (Phi) is 1.26. The summed E-state index contributed by atoms with van der Waals surface area (Å²) in [6.07, 6.45) is 0.859. The highest BCUT2D eigenvalue weighted by Crippen LogP contribution is 2.28. The molecule has 0 aromatic carbocycles. The summed E-state index contributed by atoms with van der Waals surface area (Å²) in [5.74, 6) is 0.0500. The summed E-state index contributed by atoms with van der Waals surface area (Å²) in [6, 6.07) is 0. The fraction of sp³-hybridized carbons (Fsp3) is 0.714. The molecule has 2 rings (SSSR count). The normalized spacial score (nSPS) is 36.1. The highest BCUT2D eigenvalue weighted by atomic mass is 16.2. The Bertz CT molecular complexity index is 236. The van der Waals surface area contributed by atoms with Crippen LogP contribution in [-0.2, 0) is 4.79 Å². The molecule has 0 aromatic rings. The largest absolute Gasteiger partial charge is 0.311 e. The topological polar surface area (TPSA) is 53.5 Å². The Morgan fingerprint density at radius 2 is 2.45 bits per heavy atom. The second kappa shape index (κ2) is 2.04. The van der Waals surface area contributed by atoms with Crippen molar-refractivity contribution >= 4 is 11.6 Å². The van der Waals surface area contributed by atoms with Crippen LogP contribution in [0.5, 0.6) is 0 Å². The number of carbonyl (C=O) groups excluding carboxylic acids is 1. The van der Waals surface area contributed by atoms with Crippen LogP contribution in [0, 0.1) is 5.41 Å². The molecular formula is C7H11N3O. The minimum Gasteiger partial charge on any atom is -0.311 e. The van der Waals surface area contributed by atoms with Crippen LogP contribution in [0.3, 0.4) is 0 Å². The van der Waals surface area contributed by atoms with Crippen molar-refractivity contribution in [3.8, 4) is 0 Å². The van der Waals surface area contributed by atoms with Crippen molar-refractivity contribution in [1.82, 2.24) is 10.7 Å². The number of nitrogens with one attached hydrogen (secondary N) is 2. The van der Waals surface area contributed by atoms with Crippen LogP contribution in [0.25, 0.3) is 0 Å². The number of amides is 1. The third kappa shape index (κ3) is 0.790. The van der Waals surface area contributed by atoms with Crippen LogP contribution >= 0.6 is 0 Å². The van der Waals surface area contributed by atoms with E-state index in [0.717, 1.165) is 25.2 Å². The van der Waals surface area contributed by atoms with Gasteiger partial charge in [-0.2, -0.15) is 5.10 Å². The molecule has 2 aliphatic heterocycles. The lowest BCUT2D eigenvalue weighted by Crippen LogP contribution is -2.46. The van der Waals surface area contributed by atoms with Crippen molar-refractivity contribution in [2.45, 2.75) is 13.3 Å². The van der Waals surface area contributed by atoms with E-state index < -0.39 is 0 Å². The third-order valence-corrected chi connectivity index (χ3v) is 2.52. The molecule has 0 aromatic heterocycles. The molecule has 1 amide bonds. The molecule has 4 nitrogen and oxygen atoms in total. The maximum Gasteiger partial charge on any atom is 0.251 e. The molecular weight excluding hydrogens is 142 g/mol. The van der Waals surface area contributed by atoms with Gasteiger partial charge in [-0.3, -0.25) is 4.79 Å². The molecule has 4 heteroatoms. The minimum absolute atomic E-state index is 0.0500. The van der Waals surface area contributed by atoms with E-state index in [1.807, 2.05) is 6.92 Å². The summed E-state index contributed by atoms with van der Waals surface area (Å²) in [5.41, 5.74) is 3.15. The van der Waals surface area contributed by atoms with Crippen LogP contribution in [0.2, 0.25) is 0 Å². The average Bonchev–Trinajstić information content (AvgIpc) is 2.29. The molecule has 1 unspecified atom stereocenters. The van der Waals surface area contributed by atoms with Crippen LogP contribution in [-0.4, -0.2) is 24.7 Å². The molecule has 0 bridgehead atoms. The Hall–Kier alpha value is -0.900. The van der Waals surface area contributed by atoms with Gasteiger partial charge in [0, 0.05) is 6.54 Å². The van der Waals surface area contributed by atoms with Crippen LogP contribution < -0.4 is 10.7 Å². The van der Waals surface area contributed by atoms with Crippen molar-refractivity contribution < 1.29 is 4.79 Å².